The summed E-state index contributed by atoms with van der Waals surface area (Å²) in [6, 6.07) is 13.5. The zero-order valence-electron chi connectivity index (χ0n) is 13.4. The topological polar surface area (TPSA) is 54.3 Å². The number of aryl methyl sites for hydroxylation is 1. The summed E-state index contributed by atoms with van der Waals surface area (Å²) in [6.45, 7) is 0.137. The van der Waals surface area contributed by atoms with E-state index in [-0.39, 0.29) is 24.7 Å². The number of amides is 1. The highest BCUT2D eigenvalue weighted by Gasteiger charge is 2.11. The zero-order valence-corrected chi connectivity index (χ0v) is 13.4. The van der Waals surface area contributed by atoms with Gasteiger partial charge < -0.3 is 15.0 Å². The molecule has 0 aliphatic carbocycles. The van der Waals surface area contributed by atoms with E-state index in [2.05, 4.69) is 5.32 Å². The molecule has 0 bridgehead atoms. The number of nitrogens with zero attached hydrogens (tertiary/aromatic N) is 1. The molecule has 0 unspecified atom stereocenters. The maximum absolute atomic E-state index is 12.8. The highest BCUT2D eigenvalue weighted by Crippen LogP contribution is 2.20. The molecule has 3 aromatic rings. The van der Waals surface area contributed by atoms with Crippen molar-refractivity contribution in [3.63, 3.8) is 0 Å². The van der Waals surface area contributed by atoms with Gasteiger partial charge in [0.2, 0.25) is 5.91 Å². The number of nitrogens with one attached hydrogen (secondary N) is 1. The van der Waals surface area contributed by atoms with Crippen LogP contribution in [0.5, 0.6) is 0 Å². The number of hydrogen-bond acceptors (Lipinski definition) is 2. The summed E-state index contributed by atoms with van der Waals surface area (Å²) in [6.07, 6.45) is 1.35. The van der Waals surface area contributed by atoms with Crippen LogP contribution in [-0.2, 0) is 18.3 Å². The molecule has 1 atom stereocenters. The molecule has 5 heteroatoms. The Morgan fingerprint density at radius 3 is 2.71 bits per heavy atom. The van der Waals surface area contributed by atoms with Crippen molar-refractivity contribution < 1.29 is 14.3 Å². The SMILES string of the molecule is Cn1ccc2cc([C@H](O)CNC(=O)Cc3ccc(F)cc3)ccc21. The Labute approximate surface area is 139 Å². The summed E-state index contributed by atoms with van der Waals surface area (Å²) in [4.78, 5) is 11.9. The van der Waals surface area contributed by atoms with Crippen LogP contribution in [0, 0.1) is 5.82 Å². The van der Waals surface area contributed by atoms with E-state index in [4.69, 9.17) is 0 Å². The fraction of sp³-hybridized carbons (Fsp3) is 0.211. The van der Waals surface area contributed by atoms with E-state index in [0.29, 0.717) is 0 Å². The van der Waals surface area contributed by atoms with Crippen molar-refractivity contribution in [3.8, 4) is 0 Å². The fourth-order valence-electron chi connectivity index (χ4n) is 2.69. The molecule has 4 nitrogen and oxygen atoms in total. The molecule has 0 spiro atoms. The summed E-state index contributed by atoms with van der Waals surface area (Å²) in [5.74, 6) is -0.535. The van der Waals surface area contributed by atoms with Crippen LogP contribution in [0.3, 0.4) is 0 Å². The maximum atomic E-state index is 12.8. The van der Waals surface area contributed by atoms with Crippen LogP contribution in [0.15, 0.2) is 54.7 Å². The van der Waals surface area contributed by atoms with Crippen LogP contribution >= 0.6 is 0 Å². The number of benzene rings is 2. The normalized spacial score (nSPS) is 12.3. The third-order valence-electron chi connectivity index (χ3n) is 4.06. The Morgan fingerprint density at radius 2 is 1.96 bits per heavy atom. The van der Waals surface area contributed by atoms with Gasteiger partial charge in [-0.1, -0.05) is 18.2 Å². The van der Waals surface area contributed by atoms with E-state index < -0.39 is 6.10 Å². The van der Waals surface area contributed by atoms with Crippen molar-refractivity contribution in [1.29, 1.82) is 0 Å². The average molecular weight is 326 g/mol. The summed E-state index contributed by atoms with van der Waals surface area (Å²) in [5, 5.41) is 14.0. The molecular formula is C19H19FN2O2. The molecule has 1 amide bonds. The van der Waals surface area contributed by atoms with Gasteiger partial charge in [-0.15, -0.1) is 0 Å². The molecule has 124 valence electrons. The second-order valence-corrected chi connectivity index (χ2v) is 5.87. The van der Waals surface area contributed by atoms with Gasteiger partial charge in [-0.2, -0.15) is 0 Å². The molecule has 24 heavy (non-hydrogen) atoms. The van der Waals surface area contributed by atoms with Crippen LogP contribution < -0.4 is 5.32 Å². The summed E-state index contributed by atoms with van der Waals surface area (Å²) in [5.41, 5.74) is 2.58. The Bertz CT molecular complexity index is 855. The molecule has 3 rings (SSSR count). The van der Waals surface area contributed by atoms with E-state index >= 15 is 0 Å². The predicted molar refractivity (Wildman–Crippen MR) is 91.0 cm³/mol. The Morgan fingerprint density at radius 1 is 1.21 bits per heavy atom. The number of halogens is 1. The van der Waals surface area contributed by atoms with Crippen LogP contribution in [0.1, 0.15) is 17.2 Å². The molecule has 2 N–H and O–H groups in total. The second-order valence-electron chi connectivity index (χ2n) is 5.87. The van der Waals surface area contributed by atoms with Crippen molar-refractivity contribution in [2.75, 3.05) is 6.54 Å². The van der Waals surface area contributed by atoms with Crippen molar-refractivity contribution in [2.24, 2.45) is 7.05 Å². The van der Waals surface area contributed by atoms with Gasteiger partial charge in [-0.3, -0.25) is 4.79 Å². The standard InChI is InChI=1S/C19H19FN2O2/c1-22-9-8-14-11-15(4-7-17(14)22)18(23)12-21-19(24)10-13-2-5-16(20)6-3-13/h2-9,11,18,23H,10,12H2,1H3,(H,21,24)/t18-/m1/s1. The van der Waals surface area contributed by atoms with Gasteiger partial charge in [0.25, 0.3) is 0 Å². The fourth-order valence-corrected chi connectivity index (χ4v) is 2.69. The molecule has 1 heterocycles. The first-order valence-corrected chi connectivity index (χ1v) is 7.77. The van der Waals surface area contributed by atoms with E-state index in [1.165, 1.54) is 12.1 Å². The Hall–Kier alpha value is -2.66. The molecular weight excluding hydrogens is 307 g/mol. The second kappa shape index (κ2) is 6.84. The van der Waals surface area contributed by atoms with Crippen molar-refractivity contribution in [2.45, 2.75) is 12.5 Å². The molecule has 0 saturated carbocycles. The summed E-state index contributed by atoms with van der Waals surface area (Å²) < 4.78 is 14.9. The van der Waals surface area contributed by atoms with Crippen molar-refractivity contribution in [3.05, 3.63) is 71.7 Å². The third kappa shape index (κ3) is 3.63. The minimum absolute atomic E-state index is 0.137. The highest BCUT2D eigenvalue weighted by atomic mass is 19.1. The number of aromatic nitrogens is 1. The molecule has 0 radical (unpaired) electrons. The first kappa shape index (κ1) is 16.2. The lowest BCUT2D eigenvalue weighted by molar-refractivity contribution is -0.120. The van der Waals surface area contributed by atoms with E-state index in [1.54, 1.807) is 12.1 Å². The summed E-state index contributed by atoms with van der Waals surface area (Å²) >= 11 is 0. The minimum Gasteiger partial charge on any atom is -0.387 e. The number of carbonyl (C=O) groups is 1. The number of carbonyl (C=O) groups excluding carboxylic acids is 1. The highest BCUT2D eigenvalue weighted by molar-refractivity contribution is 5.81. The maximum Gasteiger partial charge on any atom is 0.224 e. The molecule has 1 aromatic heterocycles. The Balaban J connectivity index is 1.58. The van der Waals surface area contributed by atoms with Gasteiger partial charge in [0.1, 0.15) is 5.82 Å². The van der Waals surface area contributed by atoms with Crippen molar-refractivity contribution in [1.82, 2.24) is 9.88 Å². The third-order valence-corrected chi connectivity index (χ3v) is 4.06. The quantitative estimate of drug-likeness (QED) is 0.757. The van der Waals surface area contributed by atoms with Gasteiger partial charge in [-0.25, -0.2) is 4.39 Å². The van der Waals surface area contributed by atoms with Gasteiger partial charge in [-0.05, 0) is 46.8 Å². The molecule has 0 aliphatic heterocycles. The lowest BCUT2D eigenvalue weighted by Gasteiger charge is -2.13. The number of fused-ring (bicyclic) bond motifs is 1. The average Bonchev–Trinajstić information content (AvgIpc) is 2.95. The van der Waals surface area contributed by atoms with E-state index in [0.717, 1.165) is 22.0 Å². The van der Waals surface area contributed by atoms with Gasteiger partial charge in [0, 0.05) is 25.3 Å². The monoisotopic (exact) mass is 326 g/mol. The zero-order chi connectivity index (χ0) is 17.1. The summed E-state index contributed by atoms with van der Waals surface area (Å²) in [7, 11) is 1.97. The predicted octanol–water partition coefficient (Wildman–Crippen LogP) is 2.71. The lowest BCUT2D eigenvalue weighted by atomic mass is 10.1. The molecule has 0 aliphatic rings. The Kier molecular flexibility index (Phi) is 4.62. The van der Waals surface area contributed by atoms with Crippen LogP contribution in [0.4, 0.5) is 4.39 Å². The number of aliphatic hydroxyl groups is 1. The van der Waals surface area contributed by atoms with Crippen LogP contribution in [0.2, 0.25) is 0 Å². The van der Waals surface area contributed by atoms with Crippen LogP contribution in [-0.4, -0.2) is 22.1 Å². The first-order chi connectivity index (χ1) is 11.5. The van der Waals surface area contributed by atoms with E-state index in [9.17, 15) is 14.3 Å². The number of hydrogen-bond donors (Lipinski definition) is 2. The largest absolute Gasteiger partial charge is 0.387 e. The number of aliphatic hydroxyl groups excluding tert-OH is 1. The first-order valence-electron chi connectivity index (χ1n) is 7.77. The number of rotatable bonds is 5. The van der Waals surface area contributed by atoms with E-state index in [1.807, 2.05) is 42.1 Å². The smallest absolute Gasteiger partial charge is 0.224 e. The van der Waals surface area contributed by atoms with Crippen LogP contribution in [0.25, 0.3) is 10.9 Å². The van der Waals surface area contributed by atoms with Gasteiger partial charge >= 0.3 is 0 Å². The van der Waals surface area contributed by atoms with Gasteiger partial charge in [0.05, 0.1) is 12.5 Å². The lowest BCUT2D eigenvalue weighted by Crippen LogP contribution is -2.29. The van der Waals surface area contributed by atoms with Crippen molar-refractivity contribution >= 4 is 16.8 Å². The molecule has 2 aromatic carbocycles. The van der Waals surface area contributed by atoms with Gasteiger partial charge in [0.15, 0.2) is 0 Å². The molecule has 0 saturated heterocycles. The molecule has 0 fully saturated rings. The minimum atomic E-state index is -0.772.